The van der Waals surface area contributed by atoms with Gasteiger partial charge in [0.05, 0.1) is 12.6 Å². The highest BCUT2D eigenvalue weighted by Gasteiger charge is 2.26. The lowest BCUT2D eigenvalue weighted by molar-refractivity contribution is 0.0360. The molecule has 2 heterocycles. The smallest absolute Gasteiger partial charge is 0.268 e. The van der Waals surface area contributed by atoms with Gasteiger partial charge in [0.1, 0.15) is 5.69 Å². The van der Waals surface area contributed by atoms with Gasteiger partial charge in [0.25, 0.3) is 5.91 Å². The molecule has 1 amide bonds. The van der Waals surface area contributed by atoms with Gasteiger partial charge in [-0.25, -0.2) is 0 Å². The largest absolute Gasteiger partial charge is 0.383 e. The van der Waals surface area contributed by atoms with Gasteiger partial charge in [-0.15, -0.1) is 0 Å². The Morgan fingerprint density at radius 3 is 2.89 bits per heavy atom. The number of rotatable bonds is 5. The van der Waals surface area contributed by atoms with Gasteiger partial charge < -0.3 is 19.4 Å². The minimum Gasteiger partial charge on any atom is -0.383 e. The summed E-state index contributed by atoms with van der Waals surface area (Å²) in [5.41, 5.74) is 0.674. The molecule has 0 saturated carbocycles. The first-order valence-electron chi connectivity index (χ1n) is 6.71. The van der Waals surface area contributed by atoms with Crippen LogP contribution in [0.5, 0.6) is 0 Å². The lowest BCUT2D eigenvalue weighted by Crippen LogP contribution is -2.45. The van der Waals surface area contributed by atoms with Gasteiger partial charge in [-0.2, -0.15) is 0 Å². The first-order valence-corrected chi connectivity index (χ1v) is 6.71. The van der Waals surface area contributed by atoms with E-state index in [2.05, 4.69) is 5.32 Å². The van der Waals surface area contributed by atoms with Gasteiger partial charge in [-0.3, -0.25) is 4.79 Å². The zero-order valence-corrected chi connectivity index (χ0v) is 11.6. The minimum atomic E-state index is -0.0407. The fraction of sp³-hybridized carbons (Fsp3) is 0.643. The van der Waals surface area contributed by atoms with Crippen LogP contribution in [-0.2, 0) is 16.5 Å². The normalized spacial score (nSPS) is 18.2. The van der Waals surface area contributed by atoms with Crippen LogP contribution in [0.3, 0.4) is 0 Å². The summed E-state index contributed by atoms with van der Waals surface area (Å²) in [7, 11) is 3.54. The van der Waals surface area contributed by atoms with Crippen molar-refractivity contribution >= 4 is 5.91 Å². The Morgan fingerprint density at radius 1 is 1.58 bits per heavy atom. The highest BCUT2D eigenvalue weighted by atomic mass is 16.5. The molecule has 5 nitrogen and oxygen atoms in total. The Morgan fingerprint density at radius 2 is 2.32 bits per heavy atom. The summed E-state index contributed by atoms with van der Waals surface area (Å²) in [6.07, 6.45) is 3.82. The molecule has 19 heavy (non-hydrogen) atoms. The monoisotopic (exact) mass is 266 g/mol. The summed E-state index contributed by atoms with van der Waals surface area (Å²) in [6.45, 7) is 2.08. The predicted octanol–water partition coefficient (Wildman–Crippen LogP) is 1.20. The number of amides is 1. The number of aryl methyl sites for hydroxylation is 1. The van der Waals surface area contributed by atoms with Gasteiger partial charge in [0.2, 0.25) is 0 Å². The molecule has 2 rings (SSSR count). The Labute approximate surface area is 113 Å². The van der Waals surface area contributed by atoms with E-state index in [1.807, 2.05) is 29.9 Å². The Bertz CT molecular complexity index is 411. The number of nitrogens with zero attached hydrogens (tertiary/aromatic N) is 1. The molecular formula is C14H22N2O3. The molecule has 1 aromatic heterocycles. The Hall–Kier alpha value is -1.33. The lowest BCUT2D eigenvalue weighted by Gasteiger charge is -2.30. The summed E-state index contributed by atoms with van der Waals surface area (Å²) >= 11 is 0. The SMILES string of the molecule is COCC(NC(=O)c1cccn1C)C1CCOCC1. The first kappa shape index (κ1) is 14.1. The summed E-state index contributed by atoms with van der Waals surface area (Å²) in [5.74, 6) is 0.388. The van der Waals surface area contributed by atoms with E-state index in [0.29, 0.717) is 18.2 Å². The van der Waals surface area contributed by atoms with Crippen molar-refractivity contribution in [2.45, 2.75) is 18.9 Å². The van der Waals surface area contributed by atoms with E-state index >= 15 is 0 Å². The van der Waals surface area contributed by atoms with Crippen molar-refractivity contribution in [3.05, 3.63) is 24.0 Å². The van der Waals surface area contributed by atoms with E-state index in [0.717, 1.165) is 26.1 Å². The molecule has 106 valence electrons. The molecule has 1 unspecified atom stereocenters. The molecule has 0 bridgehead atoms. The maximum Gasteiger partial charge on any atom is 0.268 e. The van der Waals surface area contributed by atoms with Crippen molar-refractivity contribution < 1.29 is 14.3 Å². The third-order valence-corrected chi connectivity index (χ3v) is 3.67. The van der Waals surface area contributed by atoms with Crippen molar-refractivity contribution in [3.63, 3.8) is 0 Å². The number of carbonyl (C=O) groups excluding carboxylic acids is 1. The number of methoxy groups -OCH3 is 1. The number of hydrogen-bond acceptors (Lipinski definition) is 3. The van der Waals surface area contributed by atoms with Crippen molar-refractivity contribution in [3.8, 4) is 0 Å². The van der Waals surface area contributed by atoms with Crippen LogP contribution in [0.4, 0.5) is 0 Å². The Kier molecular flexibility index (Phi) is 4.99. The second-order valence-electron chi connectivity index (χ2n) is 4.99. The van der Waals surface area contributed by atoms with Crippen molar-refractivity contribution in [2.75, 3.05) is 26.9 Å². The molecule has 0 radical (unpaired) electrons. The third kappa shape index (κ3) is 3.58. The van der Waals surface area contributed by atoms with E-state index in [1.54, 1.807) is 7.11 Å². The van der Waals surface area contributed by atoms with E-state index < -0.39 is 0 Å². The first-order chi connectivity index (χ1) is 9.22. The molecule has 1 aromatic rings. The Balaban J connectivity index is 1.99. The molecule has 0 spiro atoms. The summed E-state index contributed by atoms with van der Waals surface area (Å²) in [5, 5.41) is 3.09. The number of hydrogen-bond donors (Lipinski definition) is 1. The van der Waals surface area contributed by atoms with Gasteiger partial charge in [0.15, 0.2) is 0 Å². The molecule has 0 aliphatic carbocycles. The van der Waals surface area contributed by atoms with Crippen LogP contribution in [0, 0.1) is 5.92 Å². The maximum absolute atomic E-state index is 12.2. The van der Waals surface area contributed by atoms with Crippen LogP contribution in [0.1, 0.15) is 23.3 Å². The number of aromatic nitrogens is 1. The van der Waals surface area contributed by atoms with Crippen molar-refractivity contribution in [2.24, 2.45) is 13.0 Å². The zero-order chi connectivity index (χ0) is 13.7. The maximum atomic E-state index is 12.2. The highest BCUT2D eigenvalue weighted by molar-refractivity contribution is 5.92. The van der Waals surface area contributed by atoms with Gasteiger partial charge >= 0.3 is 0 Å². The van der Waals surface area contributed by atoms with E-state index in [4.69, 9.17) is 9.47 Å². The highest BCUT2D eigenvalue weighted by Crippen LogP contribution is 2.19. The van der Waals surface area contributed by atoms with Crippen LogP contribution in [0.25, 0.3) is 0 Å². The third-order valence-electron chi connectivity index (χ3n) is 3.67. The summed E-state index contributed by atoms with van der Waals surface area (Å²) in [4.78, 5) is 12.2. The molecule has 1 N–H and O–H groups in total. The van der Waals surface area contributed by atoms with Crippen LogP contribution in [-0.4, -0.2) is 43.4 Å². The average Bonchev–Trinajstić information content (AvgIpc) is 2.85. The van der Waals surface area contributed by atoms with Crippen molar-refractivity contribution in [1.82, 2.24) is 9.88 Å². The topological polar surface area (TPSA) is 52.5 Å². The molecule has 1 fully saturated rings. The fourth-order valence-electron chi connectivity index (χ4n) is 2.53. The molecule has 1 saturated heterocycles. The van der Waals surface area contributed by atoms with Gasteiger partial charge in [-0.1, -0.05) is 0 Å². The van der Waals surface area contributed by atoms with Gasteiger partial charge in [0, 0.05) is 33.6 Å². The lowest BCUT2D eigenvalue weighted by atomic mass is 9.92. The number of nitrogens with one attached hydrogen (secondary N) is 1. The molecular weight excluding hydrogens is 244 g/mol. The van der Waals surface area contributed by atoms with E-state index in [-0.39, 0.29) is 11.9 Å². The standard InChI is InChI=1S/C14H22N2O3/c1-16-7-3-4-13(16)14(17)15-12(10-18-2)11-5-8-19-9-6-11/h3-4,7,11-12H,5-6,8-10H2,1-2H3,(H,15,17). The summed E-state index contributed by atoms with van der Waals surface area (Å²) in [6, 6.07) is 3.74. The van der Waals surface area contributed by atoms with Crippen LogP contribution < -0.4 is 5.32 Å². The van der Waals surface area contributed by atoms with Crippen LogP contribution in [0.2, 0.25) is 0 Å². The second-order valence-corrected chi connectivity index (χ2v) is 4.99. The number of ether oxygens (including phenoxy) is 2. The average molecular weight is 266 g/mol. The van der Waals surface area contributed by atoms with Gasteiger partial charge in [-0.05, 0) is 30.9 Å². The predicted molar refractivity (Wildman–Crippen MR) is 72.1 cm³/mol. The fourth-order valence-corrected chi connectivity index (χ4v) is 2.53. The summed E-state index contributed by atoms with van der Waals surface area (Å²) < 4.78 is 12.4. The number of carbonyl (C=O) groups is 1. The molecule has 1 aliphatic rings. The molecule has 5 heteroatoms. The molecule has 1 aliphatic heterocycles. The van der Waals surface area contributed by atoms with E-state index in [1.165, 1.54) is 0 Å². The van der Waals surface area contributed by atoms with Crippen LogP contribution >= 0.6 is 0 Å². The minimum absolute atomic E-state index is 0.0407. The molecule has 1 atom stereocenters. The van der Waals surface area contributed by atoms with Crippen LogP contribution in [0.15, 0.2) is 18.3 Å². The van der Waals surface area contributed by atoms with Crippen molar-refractivity contribution in [1.29, 1.82) is 0 Å². The zero-order valence-electron chi connectivity index (χ0n) is 11.6. The molecule has 0 aromatic carbocycles. The second kappa shape index (κ2) is 6.73. The van der Waals surface area contributed by atoms with E-state index in [9.17, 15) is 4.79 Å². The quantitative estimate of drug-likeness (QED) is 0.871.